The summed E-state index contributed by atoms with van der Waals surface area (Å²) in [6.07, 6.45) is 3.63. The highest BCUT2D eigenvalue weighted by molar-refractivity contribution is 9.11. The molecule has 0 aromatic heterocycles. The lowest BCUT2D eigenvalue weighted by molar-refractivity contribution is 0.447. The summed E-state index contributed by atoms with van der Waals surface area (Å²) in [7, 11) is 1.72. The molecule has 14 heavy (non-hydrogen) atoms. The molecule has 5 heteroatoms. The van der Waals surface area contributed by atoms with Crippen molar-refractivity contribution in [1.82, 2.24) is 5.01 Å². The van der Waals surface area contributed by atoms with Gasteiger partial charge in [-0.2, -0.15) is 0 Å². The van der Waals surface area contributed by atoms with Gasteiger partial charge in [0, 0.05) is 16.4 Å². The quantitative estimate of drug-likeness (QED) is 0.361. The second-order valence-electron chi connectivity index (χ2n) is 2.89. The molecule has 0 aliphatic carbocycles. The molecule has 0 fully saturated rings. The van der Waals surface area contributed by atoms with Gasteiger partial charge < -0.3 is 10.7 Å². The Morgan fingerprint density at radius 1 is 1.57 bits per heavy atom. The Balaban J connectivity index is 4.94. The van der Waals surface area contributed by atoms with Gasteiger partial charge in [0.05, 0.1) is 11.4 Å². The SMILES string of the molecule is C=C(Br)/C=C(\C(N)=C/C(C)Br)N(C)N. The van der Waals surface area contributed by atoms with Gasteiger partial charge in [-0.3, -0.25) is 0 Å². The summed E-state index contributed by atoms with van der Waals surface area (Å²) in [5.74, 6) is 5.63. The largest absolute Gasteiger partial charge is 0.397 e. The van der Waals surface area contributed by atoms with E-state index in [0.29, 0.717) is 5.70 Å². The van der Waals surface area contributed by atoms with Crippen LogP contribution in [0.15, 0.2) is 34.6 Å². The van der Waals surface area contributed by atoms with Crippen molar-refractivity contribution in [3.63, 3.8) is 0 Å². The number of hydrogen-bond acceptors (Lipinski definition) is 3. The van der Waals surface area contributed by atoms with Crippen molar-refractivity contribution in [1.29, 1.82) is 0 Å². The van der Waals surface area contributed by atoms with Crippen molar-refractivity contribution in [2.45, 2.75) is 11.8 Å². The van der Waals surface area contributed by atoms with Crippen LogP contribution in [0, 0.1) is 0 Å². The van der Waals surface area contributed by atoms with Crippen LogP contribution in [0.3, 0.4) is 0 Å². The molecule has 4 N–H and O–H groups in total. The van der Waals surface area contributed by atoms with E-state index in [1.807, 2.05) is 13.0 Å². The van der Waals surface area contributed by atoms with Crippen molar-refractivity contribution in [2.24, 2.45) is 11.6 Å². The Kier molecular flexibility index (Phi) is 6.15. The van der Waals surface area contributed by atoms with E-state index in [9.17, 15) is 0 Å². The van der Waals surface area contributed by atoms with Crippen LogP contribution < -0.4 is 11.6 Å². The molecule has 0 aromatic carbocycles. The monoisotopic (exact) mass is 323 g/mol. The third-order valence-electron chi connectivity index (χ3n) is 1.38. The number of hydrazine groups is 1. The molecule has 0 heterocycles. The Morgan fingerprint density at radius 2 is 2.07 bits per heavy atom. The minimum atomic E-state index is 0.203. The normalized spacial score (nSPS) is 15.2. The highest BCUT2D eigenvalue weighted by Crippen LogP contribution is 2.14. The number of halogens is 2. The van der Waals surface area contributed by atoms with Crippen LogP contribution in [0.1, 0.15) is 6.92 Å². The lowest BCUT2D eigenvalue weighted by Gasteiger charge is -2.17. The summed E-state index contributed by atoms with van der Waals surface area (Å²) < 4.78 is 0.725. The molecular formula is C9H15Br2N3. The number of rotatable bonds is 4. The fourth-order valence-electron chi connectivity index (χ4n) is 0.870. The first-order chi connectivity index (χ1) is 6.34. The zero-order valence-electron chi connectivity index (χ0n) is 8.30. The van der Waals surface area contributed by atoms with Gasteiger partial charge in [-0.05, 0) is 19.1 Å². The maximum Gasteiger partial charge on any atom is 0.0751 e. The summed E-state index contributed by atoms with van der Waals surface area (Å²) in [4.78, 5) is 0.203. The number of nitrogens with zero attached hydrogens (tertiary/aromatic N) is 1. The van der Waals surface area contributed by atoms with E-state index in [0.717, 1.165) is 10.2 Å². The Hall–Kier alpha value is -0.260. The summed E-state index contributed by atoms with van der Waals surface area (Å²) in [6, 6.07) is 0. The molecule has 3 nitrogen and oxygen atoms in total. The van der Waals surface area contributed by atoms with Crippen LogP contribution in [0.2, 0.25) is 0 Å². The molecular weight excluding hydrogens is 310 g/mol. The van der Waals surface area contributed by atoms with Crippen molar-refractivity contribution < 1.29 is 0 Å². The smallest absolute Gasteiger partial charge is 0.0751 e. The number of nitrogens with two attached hydrogens (primary N) is 2. The van der Waals surface area contributed by atoms with Crippen molar-refractivity contribution in [3.05, 3.63) is 34.6 Å². The molecule has 0 amide bonds. The summed E-state index contributed by atoms with van der Waals surface area (Å²) in [5.41, 5.74) is 7.18. The first-order valence-electron chi connectivity index (χ1n) is 4.01. The van der Waals surface area contributed by atoms with E-state index in [2.05, 4.69) is 38.4 Å². The van der Waals surface area contributed by atoms with Crippen molar-refractivity contribution in [3.8, 4) is 0 Å². The number of alkyl halides is 1. The average molecular weight is 325 g/mol. The molecule has 0 rings (SSSR count). The minimum Gasteiger partial charge on any atom is -0.397 e. The molecule has 0 bridgehead atoms. The molecule has 0 aliphatic rings. The van der Waals surface area contributed by atoms with Crippen LogP contribution in [0.25, 0.3) is 0 Å². The molecule has 0 saturated heterocycles. The number of likely N-dealkylation sites (N-methyl/N-ethyl adjacent to an activating group) is 1. The van der Waals surface area contributed by atoms with Crippen LogP contribution in [-0.2, 0) is 0 Å². The fourth-order valence-corrected chi connectivity index (χ4v) is 1.37. The first kappa shape index (κ1) is 13.7. The summed E-state index contributed by atoms with van der Waals surface area (Å²) >= 11 is 6.61. The average Bonchev–Trinajstić information content (AvgIpc) is 1.97. The Labute approximate surface area is 102 Å². The van der Waals surface area contributed by atoms with E-state index in [1.54, 1.807) is 13.1 Å². The van der Waals surface area contributed by atoms with E-state index in [-0.39, 0.29) is 4.83 Å². The Morgan fingerprint density at radius 3 is 2.36 bits per heavy atom. The molecule has 1 unspecified atom stereocenters. The van der Waals surface area contributed by atoms with E-state index >= 15 is 0 Å². The van der Waals surface area contributed by atoms with Gasteiger partial charge in [0.2, 0.25) is 0 Å². The predicted molar refractivity (Wildman–Crippen MR) is 68.8 cm³/mol. The van der Waals surface area contributed by atoms with Crippen LogP contribution in [-0.4, -0.2) is 16.9 Å². The molecule has 80 valence electrons. The van der Waals surface area contributed by atoms with E-state index in [4.69, 9.17) is 11.6 Å². The van der Waals surface area contributed by atoms with Crippen LogP contribution in [0.5, 0.6) is 0 Å². The molecule has 0 aromatic rings. The maximum atomic E-state index is 5.85. The van der Waals surface area contributed by atoms with Gasteiger partial charge in [0.15, 0.2) is 0 Å². The zero-order valence-corrected chi connectivity index (χ0v) is 11.5. The molecule has 0 aliphatic heterocycles. The lowest BCUT2D eigenvalue weighted by atomic mass is 10.2. The van der Waals surface area contributed by atoms with Crippen molar-refractivity contribution >= 4 is 31.9 Å². The van der Waals surface area contributed by atoms with Crippen LogP contribution in [0.4, 0.5) is 0 Å². The fraction of sp³-hybridized carbons (Fsp3) is 0.333. The van der Waals surface area contributed by atoms with Gasteiger partial charge in [-0.15, -0.1) is 0 Å². The van der Waals surface area contributed by atoms with E-state index < -0.39 is 0 Å². The van der Waals surface area contributed by atoms with Gasteiger partial charge in [-0.1, -0.05) is 38.4 Å². The summed E-state index contributed by atoms with van der Waals surface area (Å²) in [6.45, 7) is 5.68. The zero-order chi connectivity index (χ0) is 11.3. The maximum absolute atomic E-state index is 5.85. The standard InChI is InChI=1S/C9H15Br2N3/c1-6(10)4-8(12)9(14(3)13)5-7(2)11/h4-6H,2,12-13H2,1,3H3/b8-4+,9-5+. The molecule has 0 radical (unpaired) electrons. The van der Waals surface area contributed by atoms with Gasteiger partial charge in [0.1, 0.15) is 0 Å². The lowest BCUT2D eigenvalue weighted by Crippen LogP contribution is -2.28. The van der Waals surface area contributed by atoms with Gasteiger partial charge in [0.25, 0.3) is 0 Å². The van der Waals surface area contributed by atoms with Gasteiger partial charge >= 0.3 is 0 Å². The molecule has 1 atom stereocenters. The molecule has 0 saturated carbocycles. The van der Waals surface area contributed by atoms with Gasteiger partial charge in [-0.25, -0.2) is 5.84 Å². The van der Waals surface area contributed by atoms with Crippen LogP contribution >= 0.6 is 31.9 Å². The minimum absolute atomic E-state index is 0.203. The third-order valence-corrected chi connectivity index (χ3v) is 1.87. The summed E-state index contributed by atoms with van der Waals surface area (Å²) in [5, 5.41) is 1.45. The second-order valence-corrected chi connectivity index (χ2v) is 5.35. The Bertz CT molecular complexity index is 267. The predicted octanol–water partition coefficient (Wildman–Crippen LogP) is 2.21. The first-order valence-corrected chi connectivity index (χ1v) is 5.71. The number of hydrogen-bond donors (Lipinski definition) is 2. The molecule has 0 spiro atoms. The topological polar surface area (TPSA) is 55.3 Å². The highest BCUT2D eigenvalue weighted by atomic mass is 79.9. The third kappa shape index (κ3) is 5.47. The number of allylic oxidation sites excluding steroid dienone is 3. The highest BCUT2D eigenvalue weighted by Gasteiger charge is 2.05. The van der Waals surface area contributed by atoms with E-state index in [1.165, 1.54) is 5.01 Å². The van der Waals surface area contributed by atoms with Crippen molar-refractivity contribution in [2.75, 3.05) is 7.05 Å². The second kappa shape index (κ2) is 6.27.